The predicted molar refractivity (Wildman–Crippen MR) is 70.6 cm³/mol. The summed E-state index contributed by atoms with van der Waals surface area (Å²) in [5.74, 6) is 1.99. The van der Waals surface area contributed by atoms with Crippen molar-refractivity contribution in [3.8, 4) is 0 Å². The van der Waals surface area contributed by atoms with Gasteiger partial charge in [0.25, 0.3) is 0 Å². The van der Waals surface area contributed by atoms with Crippen LogP contribution in [0.5, 0.6) is 0 Å². The second-order valence-corrected chi connectivity index (χ2v) is 7.42. The largest absolute Gasteiger partial charge is 0.274 e. The molecule has 17 heavy (non-hydrogen) atoms. The van der Waals surface area contributed by atoms with Crippen molar-refractivity contribution in [3.63, 3.8) is 0 Å². The Bertz CT molecular complexity index is 281. The lowest BCUT2D eigenvalue weighted by molar-refractivity contribution is -0.117. The fourth-order valence-electron chi connectivity index (χ4n) is 5.22. The molecule has 4 aliphatic rings. The van der Waals surface area contributed by atoms with Gasteiger partial charge in [-0.1, -0.05) is 13.8 Å². The molecule has 0 aliphatic heterocycles. The lowest BCUT2D eigenvalue weighted by Gasteiger charge is -2.60. The third-order valence-electron chi connectivity index (χ3n) is 4.78. The van der Waals surface area contributed by atoms with Crippen LogP contribution in [0.15, 0.2) is 0 Å². The minimum atomic E-state index is -0.230. The molecule has 0 aromatic heterocycles. The van der Waals surface area contributed by atoms with Gasteiger partial charge in [0.1, 0.15) is 0 Å². The van der Waals surface area contributed by atoms with Crippen LogP contribution in [-0.2, 0) is 4.79 Å². The molecule has 0 aromatic rings. The van der Waals surface area contributed by atoms with Crippen molar-refractivity contribution in [3.05, 3.63) is 0 Å². The quantitative estimate of drug-likeness (QED) is 0.656. The van der Waals surface area contributed by atoms with E-state index in [2.05, 4.69) is 13.8 Å². The van der Waals surface area contributed by atoms with Crippen LogP contribution in [0.3, 0.4) is 0 Å². The van der Waals surface area contributed by atoms with Crippen molar-refractivity contribution in [2.45, 2.75) is 59.3 Å². The van der Waals surface area contributed by atoms with E-state index < -0.39 is 0 Å². The highest BCUT2D eigenvalue weighted by Crippen LogP contribution is 2.64. The van der Waals surface area contributed by atoms with E-state index in [9.17, 15) is 4.79 Å². The molecule has 4 aliphatic carbocycles. The van der Waals surface area contributed by atoms with Gasteiger partial charge in [-0.15, -0.1) is 0 Å². The van der Waals surface area contributed by atoms with E-state index in [0.29, 0.717) is 0 Å². The van der Waals surface area contributed by atoms with Crippen LogP contribution < -0.4 is 4.84 Å². The van der Waals surface area contributed by atoms with Crippen LogP contribution in [0.4, 0.5) is 0 Å². The van der Waals surface area contributed by atoms with E-state index in [0.717, 1.165) is 22.7 Å². The molecule has 4 saturated carbocycles. The average molecular weight is 258 g/mol. The molecule has 0 saturated heterocycles. The van der Waals surface area contributed by atoms with Gasteiger partial charge in [-0.25, -0.2) is 0 Å². The summed E-state index contributed by atoms with van der Waals surface area (Å²) in [5, 5.41) is 0. The van der Waals surface area contributed by atoms with Gasteiger partial charge in [0.15, 0.2) is 0 Å². The first-order chi connectivity index (χ1) is 7.84. The summed E-state index contributed by atoms with van der Waals surface area (Å²) < 4.78 is 0. The molecule has 4 bridgehead atoms. The lowest BCUT2D eigenvalue weighted by Crippen LogP contribution is -2.49. The molecule has 0 unspecified atom stereocenters. The fourth-order valence-corrected chi connectivity index (χ4v) is 5.22. The second kappa shape index (κ2) is 4.46. The molecule has 0 spiro atoms. The number of nitrogens with one attached hydrogen (secondary N) is 1. The number of carbonyl (C=O) groups excluding carboxylic acids is 1. The molecule has 2 nitrogen and oxygen atoms in total. The highest BCUT2D eigenvalue weighted by Gasteiger charge is 2.53. The van der Waals surface area contributed by atoms with Crippen LogP contribution in [0.25, 0.3) is 0 Å². The number of hydrogen-bond donors (Lipinski definition) is 1. The SMILES string of the molecule is CC(=O)NCl.CC12CC3CC(C1)CC(C)(C3)C2. The van der Waals surface area contributed by atoms with E-state index in [1.807, 2.05) is 4.84 Å². The molecule has 0 radical (unpaired) electrons. The minimum absolute atomic E-state index is 0.230. The van der Waals surface area contributed by atoms with Gasteiger partial charge in [-0.2, -0.15) is 0 Å². The van der Waals surface area contributed by atoms with E-state index >= 15 is 0 Å². The smallest absolute Gasteiger partial charge is 0.231 e. The molecule has 0 aromatic carbocycles. The van der Waals surface area contributed by atoms with Crippen molar-refractivity contribution >= 4 is 17.7 Å². The second-order valence-electron chi connectivity index (χ2n) is 7.23. The summed E-state index contributed by atoms with van der Waals surface area (Å²) in [6, 6.07) is 0. The van der Waals surface area contributed by atoms with Gasteiger partial charge in [-0.05, 0) is 61.2 Å². The summed E-state index contributed by atoms with van der Waals surface area (Å²) >= 11 is 4.74. The average Bonchev–Trinajstić information content (AvgIpc) is 2.12. The summed E-state index contributed by atoms with van der Waals surface area (Å²) in [4.78, 5) is 11.4. The zero-order chi connectivity index (χ0) is 12.7. The van der Waals surface area contributed by atoms with E-state index in [1.54, 1.807) is 32.1 Å². The van der Waals surface area contributed by atoms with E-state index in [1.165, 1.54) is 13.3 Å². The Kier molecular flexibility index (Phi) is 3.46. The van der Waals surface area contributed by atoms with Crippen molar-refractivity contribution in [1.29, 1.82) is 0 Å². The third kappa shape index (κ3) is 2.96. The summed E-state index contributed by atoms with van der Waals surface area (Å²) in [6.45, 7) is 6.43. The van der Waals surface area contributed by atoms with Gasteiger partial charge < -0.3 is 0 Å². The van der Waals surface area contributed by atoms with Crippen LogP contribution >= 0.6 is 11.8 Å². The Morgan fingerprint density at radius 3 is 1.71 bits per heavy atom. The minimum Gasteiger partial charge on any atom is -0.274 e. The van der Waals surface area contributed by atoms with Gasteiger partial charge >= 0.3 is 0 Å². The Morgan fingerprint density at radius 1 is 1.12 bits per heavy atom. The molecular weight excluding hydrogens is 234 g/mol. The first kappa shape index (κ1) is 13.2. The molecule has 1 amide bonds. The summed E-state index contributed by atoms with van der Waals surface area (Å²) in [6.07, 6.45) is 9.33. The Morgan fingerprint density at radius 2 is 1.47 bits per heavy atom. The molecular formula is C14H24ClNO. The van der Waals surface area contributed by atoms with Crippen molar-refractivity contribution in [2.24, 2.45) is 22.7 Å². The van der Waals surface area contributed by atoms with Crippen molar-refractivity contribution < 1.29 is 4.79 Å². The predicted octanol–water partition coefficient (Wildman–Crippen LogP) is 3.89. The number of hydrogen-bond acceptors (Lipinski definition) is 1. The van der Waals surface area contributed by atoms with Gasteiger partial charge in [0.05, 0.1) is 0 Å². The Balaban J connectivity index is 0.000000188. The zero-order valence-corrected chi connectivity index (χ0v) is 11.9. The topological polar surface area (TPSA) is 29.1 Å². The summed E-state index contributed by atoms with van der Waals surface area (Å²) in [5.41, 5.74) is 1.53. The Hall–Kier alpha value is -0.240. The monoisotopic (exact) mass is 257 g/mol. The number of carbonyl (C=O) groups is 1. The first-order valence-corrected chi connectivity index (χ1v) is 7.09. The van der Waals surface area contributed by atoms with Gasteiger partial charge in [-0.3, -0.25) is 9.63 Å². The zero-order valence-electron chi connectivity index (χ0n) is 11.2. The summed E-state index contributed by atoms with van der Waals surface area (Å²) in [7, 11) is 0. The number of halogens is 1. The molecule has 98 valence electrons. The Labute approximate surface area is 110 Å². The normalized spacial score (nSPS) is 46.1. The van der Waals surface area contributed by atoms with E-state index in [4.69, 9.17) is 11.8 Å². The standard InChI is InChI=1S/C12H20.C2H4ClNO/c1-11-4-9-3-10(5-11)7-12(2,6-9)8-11;1-2(5)4-3/h9-10H,3-8H2,1-2H3;1H3,(H,4,5). The van der Waals surface area contributed by atoms with Crippen molar-refractivity contribution in [2.75, 3.05) is 0 Å². The highest BCUT2D eigenvalue weighted by atomic mass is 35.5. The molecule has 3 heteroatoms. The maximum absolute atomic E-state index is 9.57. The van der Waals surface area contributed by atoms with Crippen LogP contribution in [-0.4, -0.2) is 5.91 Å². The molecule has 1 N–H and O–H groups in total. The maximum atomic E-state index is 9.57. The van der Waals surface area contributed by atoms with E-state index in [-0.39, 0.29) is 5.91 Å². The first-order valence-electron chi connectivity index (χ1n) is 6.71. The highest BCUT2D eigenvalue weighted by molar-refractivity contribution is 6.20. The lowest BCUT2D eigenvalue weighted by atomic mass is 9.45. The molecule has 0 heterocycles. The molecule has 4 rings (SSSR count). The van der Waals surface area contributed by atoms with Crippen LogP contribution in [0, 0.1) is 22.7 Å². The van der Waals surface area contributed by atoms with Gasteiger partial charge in [0.2, 0.25) is 5.91 Å². The van der Waals surface area contributed by atoms with Crippen molar-refractivity contribution in [1.82, 2.24) is 4.84 Å². The fraction of sp³-hybridized carbons (Fsp3) is 0.929. The number of amides is 1. The molecule has 4 fully saturated rings. The molecule has 0 atom stereocenters. The maximum Gasteiger partial charge on any atom is 0.231 e. The van der Waals surface area contributed by atoms with Crippen LogP contribution in [0.1, 0.15) is 59.3 Å². The van der Waals surface area contributed by atoms with Gasteiger partial charge in [0, 0.05) is 18.7 Å². The van der Waals surface area contributed by atoms with Crippen LogP contribution in [0.2, 0.25) is 0 Å². The number of rotatable bonds is 0. The third-order valence-corrected chi connectivity index (χ3v) is 5.05.